The predicted molar refractivity (Wildman–Crippen MR) is 136 cm³/mol. The van der Waals surface area contributed by atoms with E-state index in [1.165, 1.54) is 23.9 Å². The Kier molecular flexibility index (Phi) is 8.70. The highest BCUT2D eigenvalue weighted by molar-refractivity contribution is 8.01. The number of benzene rings is 2. The maximum Gasteiger partial charge on any atom is 0.416 e. The quantitative estimate of drug-likeness (QED) is 0.240. The normalized spacial score (nSPS) is 12.0. The van der Waals surface area contributed by atoms with Gasteiger partial charge in [-0.1, -0.05) is 12.1 Å². The van der Waals surface area contributed by atoms with Crippen molar-refractivity contribution in [2.45, 2.75) is 49.6 Å². The molecule has 198 valence electrons. The second kappa shape index (κ2) is 11.4. The van der Waals surface area contributed by atoms with Crippen molar-refractivity contribution in [2.24, 2.45) is 0 Å². The number of halogens is 3. The summed E-state index contributed by atoms with van der Waals surface area (Å²) in [6, 6.07) is 11.4. The van der Waals surface area contributed by atoms with Crippen LogP contribution in [0.1, 0.15) is 42.0 Å². The summed E-state index contributed by atoms with van der Waals surface area (Å²) in [7, 11) is 1.60. The lowest BCUT2D eigenvalue weighted by Crippen LogP contribution is -2.26. The number of methoxy groups -OCH3 is 1. The molecule has 3 aromatic rings. The molecule has 3 rings (SSSR count). The van der Waals surface area contributed by atoms with Gasteiger partial charge >= 0.3 is 12.1 Å². The molecule has 2 aromatic carbocycles. The SMILES string of the molecule is COCCCn1c(-c2ccc(SC(C)(C)C(=O)O)cc2)nc(C(=O)Nc2ccc(C(F)(F)F)cc2)c1C. The zero-order valence-electron chi connectivity index (χ0n) is 20.8. The molecule has 0 unspecified atom stereocenters. The van der Waals surface area contributed by atoms with E-state index in [4.69, 9.17) is 4.74 Å². The number of carbonyl (C=O) groups is 2. The molecular formula is C26H28F3N3O4S. The Bertz CT molecular complexity index is 1250. The van der Waals surface area contributed by atoms with Crippen LogP contribution in [0.5, 0.6) is 0 Å². The van der Waals surface area contributed by atoms with E-state index in [0.29, 0.717) is 31.1 Å². The van der Waals surface area contributed by atoms with Crippen molar-refractivity contribution in [1.29, 1.82) is 0 Å². The largest absolute Gasteiger partial charge is 0.480 e. The van der Waals surface area contributed by atoms with E-state index < -0.39 is 28.4 Å². The molecule has 2 N–H and O–H groups in total. The molecule has 0 saturated carbocycles. The van der Waals surface area contributed by atoms with Gasteiger partial charge in [0.2, 0.25) is 0 Å². The third kappa shape index (κ3) is 6.92. The Balaban J connectivity index is 1.89. The summed E-state index contributed by atoms with van der Waals surface area (Å²) in [5.41, 5.74) is 0.889. The third-order valence-corrected chi connectivity index (χ3v) is 6.83. The molecule has 1 aromatic heterocycles. The van der Waals surface area contributed by atoms with Gasteiger partial charge in [-0.25, -0.2) is 4.98 Å². The van der Waals surface area contributed by atoms with Crippen LogP contribution < -0.4 is 5.32 Å². The summed E-state index contributed by atoms with van der Waals surface area (Å²) in [5.74, 6) is -0.922. The maximum atomic E-state index is 13.0. The van der Waals surface area contributed by atoms with Crippen molar-refractivity contribution in [3.63, 3.8) is 0 Å². The number of hydrogen-bond acceptors (Lipinski definition) is 5. The topological polar surface area (TPSA) is 93.4 Å². The highest BCUT2D eigenvalue weighted by atomic mass is 32.2. The number of aromatic nitrogens is 2. The van der Waals surface area contributed by atoms with Gasteiger partial charge in [0.15, 0.2) is 0 Å². The first-order valence-electron chi connectivity index (χ1n) is 11.4. The summed E-state index contributed by atoms with van der Waals surface area (Å²) >= 11 is 1.22. The van der Waals surface area contributed by atoms with Crippen LogP contribution in [0.25, 0.3) is 11.4 Å². The van der Waals surface area contributed by atoms with Gasteiger partial charge in [0.1, 0.15) is 16.3 Å². The zero-order chi connectivity index (χ0) is 27.4. The zero-order valence-corrected chi connectivity index (χ0v) is 21.7. The number of carboxylic acids is 1. The average Bonchev–Trinajstić information content (AvgIpc) is 3.15. The molecule has 0 saturated heterocycles. The number of amides is 1. The van der Waals surface area contributed by atoms with Gasteiger partial charge in [0.05, 0.1) is 5.56 Å². The first kappa shape index (κ1) is 28.3. The first-order chi connectivity index (χ1) is 17.3. The van der Waals surface area contributed by atoms with Crippen molar-refractivity contribution in [3.05, 3.63) is 65.5 Å². The Morgan fingerprint density at radius 3 is 2.24 bits per heavy atom. The van der Waals surface area contributed by atoms with Crippen molar-refractivity contribution >= 4 is 29.3 Å². The van der Waals surface area contributed by atoms with E-state index in [0.717, 1.165) is 22.6 Å². The molecule has 0 aliphatic rings. The number of alkyl halides is 3. The molecule has 0 aliphatic carbocycles. The Hall–Kier alpha value is -3.31. The lowest BCUT2D eigenvalue weighted by atomic mass is 10.2. The van der Waals surface area contributed by atoms with E-state index in [9.17, 15) is 27.9 Å². The lowest BCUT2D eigenvalue weighted by molar-refractivity contribution is -0.139. The van der Waals surface area contributed by atoms with Crippen LogP contribution >= 0.6 is 11.8 Å². The minimum atomic E-state index is -4.47. The van der Waals surface area contributed by atoms with E-state index in [1.54, 1.807) is 40.0 Å². The van der Waals surface area contributed by atoms with Crippen molar-refractivity contribution in [2.75, 3.05) is 19.0 Å². The van der Waals surface area contributed by atoms with Crippen LogP contribution in [0.15, 0.2) is 53.4 Å². The monoisotopic (exact) mass is 535 g/mol. The number of nitrogens with one attached hydrogen (secondary N) is 1. The number of carbonyl (C=O) groups excluding carboxylic acids is 1. The Labute approximate surface area is 217 Å². The van der Waals surface area contributed by atoms with Crippen molar-refractivity contribution in [1.82, 2.24) is 9.55 Å². The van der Waals surface area contributed by atoms with Crippen LogP contribution in [0, 0.1) is 6.92 Å². The molecular weight excluding hydrogens is 507 g/mol. The average molecular weight is 536 g/mol. The number of aliphatic carboxylic acids is 1. The number of ether oxygens (including phenoxy) is 1. The number of thioether (sulfide) groups is 1. The molecule has 37 heavy (non-hydrogen) atoms. The Morgan fingerprint density at radius 1 is 1.08 bits per heavy atom. The summed E-state index contributed by atoms with van der Waals surface area (Å²) in [6.45, 7) is 6.04. The smallest absolute Gasteiger partial charge is 0.416 e. The first-order valence-corrected chi connectivity index (χ1v) is 12.2. The molecule has 0 bridgehead atoms. The van der Waals surface area contributed by atoms with Gasteiger partial charge in [-0.2, -0.15) is 13.2 Å². The molecule has 0 spiro atoms. The molecule has 0 aliphatic heterocycles. The molecule has 1 heterocycles. The van der Waals surface area contributed by atoms with E-state index >= 15 is 0 Å². The molecule has 0 fully saturated rings. The highest BCUT2D eigenvalue weighted by Gasteiger charge is 2.30. The standard InChI is InChI=1S/C26H28F3N3O4S/c1-16-21(23(33)30-19-10-8-18(9-11-19)26(27,28)29)31-22(32(16)14-5-15-36-4)17-6-12-20(13-7-17)37-25(2,3)24(34)35/h6-13H,5,14-15H2,1-4H3,(H,30,33)(H,34,35). The van der Waals surface area contributed by atoms with Crippen LogP contribution in [-0.2, 0) is 22.3 Å². The van der Waals surface area contributed by atoms with E-state index in [-0.39, 0.29) is 11.4 Å². The summed E-state index contributed by atoms with van der Waals surface area (Å²) < 4.78 is 44.6. The van der Waals surface area contributed by atoms with Gasteiger partial charge < -0.3 is 19.7 Å². The number of carboxylic acid groups (broad SMARTS) is 1. The predicted octanol–water partition coefficient (Wildman–Crippen LogP) is 6.12. The molecule has 11 heteroatoms. The second-order valence-electron chi connectivity index (χ2n) is 8.84. The lowest BCUT2D eigenvalue weighted by Gasteiger charge is -2.18. The van der Waals surface area contributed by atoms with Gasteiger partial charge in [0.25, 0.3) is 5.91 Å². The van der Waals surface area contributed by atoms with E-state index in [2.05, 4.69) is 10.3 Å². The summed E-state index contributed by atoms with van der Waals surface area (Å²) in [5, 5.41) is 12.0. The molecule has 0 radical (unpaired) electrons. The highest BCUT2D eigenvalue weighted by Crippen LogP contribution is 2.34. The summed E-state index contributed by atoms with van der Waals surface area (Å²) in [4.78, 5) is 29.8. The van der Waals surface area contributed by atoms with Crippen LogP contribution in [0.3, 0.4) is 0 Å². The fourth-order valence-electron chi connectivity index (χ4n) is 3.55. The number of imidazole rings is 1. The summed E-state index contributed by atoms with van der Waals surface area (Å²) in [6.07, 6.45) is -3.80. The fourth-order valence-corrected chi connectivity index (χ4v) is 4.50. The van der Waals surface area contributed by atoms with Gasteiger partial charge in [0, 0.05) is 42.1 Å². The molecule has 1 amide bonds. The minimum absolute atomic E-state index is 0.151. The maximum absolute atomic E-state index is 13.0. The number of rotatable bonds is 10. The number of nitrogens with zero attached hydrogens (tertiary/aromatic N) is 2. The van der Waals surface area contributed by atoms with Crippen LogP contribution in [0.4, 0.5) is 18.9 Å². The Morgan fingerprint density at radius 2 is 1.70 bits per heavy atom. The van der Waals surface area contributed by atoms with E-state index in [1.807, 2.05) is 16.7 Å². The van der Waals surface area contributed by atoms with Gasteiger partial charge in [-0.05, 0) is 63.6 Å². The van der Waals surface area contributed by atoms with Gasteiger partial charge in [-0.15, -0.1) is 11.8 Å². The van der Waals surface area contributed by atoms with Crippen molar-refractivity contribution < 1.29 is 32.6 Å². The second-order valence-corrected chi connectivity index (χ2v) is 10.5. The van der Waals surface area contributed by atoms with Crippen LogP contribution in [0.2, 0.25) is 0 Å². The number of anilines is 1. The molecule has 0 atom stereocenters. The third-order valence-electron chi connectivity index (χ3n) is 5.64. The van der Waals surface area contributed by atoms with Crippen LogP contribution in [-0.4, -0.2) is 45.0 Å². The fraction of sp³-hybridized carbons (Fsp3) is 0.346. The molecule has 7 nitrogen and oxygen atoms in total. The minimum Gasteiger partial charge on any atom is -0.480 e. The van der Waals surface area contributed by atoms with Crippen molar-refractivity contribution in [3.8, 4) is 11.4 Å². The van der Waals surface area contributed by atoms with Gasteiger partial charge in [-0.3, -0.25) is 9.59 Å². The number of hydrogen-bond donors (Lipinski definition) is 2.